The lowest BCUT2D eigenvalue weighted by atomic mass is 9.95. The maximum absolute atomic E-state index is 12.6. The first-order valence-electron chi connectivity index (χ1n) is 8.11. The van der Waals surface area contributed by atoms with Gasteiger partial charge in [0.2, 0.25) is 11.8 Å². The number of halogens is 1. The van der Waals surface area contributed by atoms with E-state index in [1.54, 1.807) is 24.3 Å². The minimum Gasteiger partial charge on any atom is -0.448 e. The van der Waals surface area contributed by atoms with Gasteiger partial charge in [-0.25, -0.2) is 4.79 Å². The molecule has 0 aromatic heterocycles. The number of carbonyl (C=O) groups excluding carboxylic acids is 3. The van der Waals surface area contributed by atoms with Crippen molar-refractivity contribution in [1.82, 2.24) is 10.2 Å². The van der Waals surface area contributed by atoms with Gasteiger partial charge in [-0.15, -0.1) is 11.8 Å². The van der Waals surface area contributed by atoms with E-state index in [-0.39, 0.29) is 17.3 Å². The predicted molar refractivity (Wildman–Crippen MR) is 98.2 cm³/mol. The minimum absolute atomic E-state index is 0.269. The molecule has 0 bridgehead atoms. The zero-order valence-electron chi connectivity index (χ0n) is 14.3. The standard InChI is InChI=1S/C17H20ClN3O4S/c1-17(2)12(16(24)25-8-18)21-14(23)11(15(21)26-17)20-13(22)10(19)9-6-4-3-5-7-9/h3-7,10-12,15H,8,19H2,1-2H3,(H,20,22)/t10?,11?,12-,15+/m0/s1. The number of hydrogen-bond acceptors (Lipinski definition) is 6. The summed E-state index contributed by atoms with van der Waals surface area (Å²) in [7, 11) is 0. The Labute approximate surface area is 160 Å². The number of nitrogens with two attached hydrogens (primary N) is 1. The van der Waals surface area contributed by atoms with Gasteiger partial charge in [-0.05, 0) is 19.4 Å². The number of ether oxygens (including phenoxy) is 1. The third-order valence-electron chi connectivity index (χ3n) is 4.60. The number of esters is 1. The summed E-state index contributed by atoms with van der Waals surface area (Å²) in [6.07, 6.45) is 0. The van der Waals surface area contributed by atoms with Crippen molar-refractivity contribution in [3.05, 3.63) is 35.9 Å². The Morgan fingerprint density at radius 1 is 1.38 bits per heavy atom. The Kier molecular flexibility index (Phi) is 5.18. The van der Waals surface area contributed by atoms with Crippen LogP contribution in [0.2, 0.25) is 0 Å². The maximum Gasteiger partial charge on any atom is 0.331 e. The Morgan fingerprint density at radius 3 is 2.65 bits per heavy atom. The normalized spacial score (nSPS) is 27.3. The Balaban J connectivity index is 1.70. The fraction of sp³-hybridized carbons (Fsp3) is 0.471. The van der Waals surface area contributed by atoms with E-state index in [0.717, 1.165) is 0 Å². The zero-order chi connectivity index (χ0) is 19.1. The lowest BCUT2D eigenvalue weighted by molar-refractivity contribution is -0.163. The summed E-state index contributed by atoms with van der Waals surface area (Å²) in [6, 6.07) is 6.34. The molecule has 2 amide bonds. The van der Waals surface area contributed by atoms with Crippen LogP contribution in [0.4, 0.5) is 0 Å². The number of β-lactam (4-membered cyclic amide) rings is 1. The summed E-state index contributed by atoms with van der Waals surface area (Å²) in [5, 5.41) is 2.38. The van der Waals surface area contributed by atoms with Crippen LogP contribution >= 0.6 is 23.4 Å². The number of carbonyl (C=O) groups is 3. The second-order valence-electron chi connectivity index (χ2n) is 6.71. The average molecular weight is 398 g/mol. The summed E-state index contributed by atoms with van der Waals surface area (Å²) in [5.74, 6) is -1.29. The van der Waals surface area contributed by atoms with Gasteiger partial charge in [-0.3, -0.25) is 9.59 Å². The first kappa shape index (κ1) is 19.0. The summed E-state index contributed by atoms with van der Waals surface area (Å²) >= 11 is 6.92. The van der Waals surface area contributed by atoms with Gasteiger partial charge in [0.25, 0.3) is 0 Å². The minimum atomic E-state index is -0.866. The molecule has 0 saturated carbocycles. The fourth-order valence-corrected chi connectivity index (χ4v) is 5.04. The number of rotatable bonds is 5. The highest BCUT2D eigenvalue weighted by Crippen LogP contribution is 2.51. The van der Waals surface area contributed by atoms with Gasteiger partial charge in [-0.2, -0.15) is 0 Å². The Hall–Kier alpha value is -1.77. The van der Waals surface area contributed by atoms with E-state index >= 15 is 0 Å². The molecule has 4 atom stereocenters. The van der Waals surface area contributed by atoms with Crippen molar-refractivity contribution in [2.24, 2.45) is 5.73 Å². The topological polar surface area (TPSA) is 102 Å². The number of fused-ring (bicyclic) bond motifs is 1. The zero-order valence-corrected chi connectivity index (χ0v) is 15.9. The molecular weight excluding hydrogens is 378 g/mol. The van der Waals surface area contributed by atoms with Crippen molar-refractivity contribution >= 4 is 41.1 Å². The van der Waals surface area contributed by atoms with Gasteiger partial charge >= 0.3 is 5.97 Å². The van der Waals surface area contributed by atoms with Gasteiger partial charge < -0.3 is 20.7 Å². The number of amides is 2. The van der Waals surface area contributed by atoms with E-state index in [4.69, 9.17) is 22.1 Å². The van der Waals surface area contributed by atoms with Crippen molar-refractivity contribution in [2.75, 3.05) is 6.07 Å². The van der Waals surface area contributed by atoms with Gasteiger partial charge in [0.15, 0.2) is 6.07 Å². The molecule has 0 aliphatic carbocycles. The predicted octanol–water partition coefficient (Wildman–Crippen LogP) is 0.973. The summed E-state index contributed by atoms with van der Waals surface area (Å²) in [4.78, 5) is 38.6. The molecule has 140 valence electrons. The summed E-state index contributed by atoms with van der Waals surface area (Å²) < 4.78 is 4.34. The van der Waals surface area contributed by atoms with Crippen LogP contribution < -0.4 is 11.1 Å². The molecule has 7 nitrogen and oxygen atoms in total. The first-order chi connectivity index (χ1) is 12.3. The van der Waals surface area contributed by atoms with E-state index in [2.05, 4.69) is 5.32 Å². The molecule has 0 radical (unpaired) electrons. The van der Waals surface area contributed by atoms with Crippen LogP contribution in [0.15, 0.2) is 30.3 Å². The number of nitrogens with one attached hydrogen (secondary N) is 1. The van der Waals surface area contributed by atoms with Crippen molar-refractivity contribution in [1.29, 1.82) is 0 Å². The number of nitrogens with zero attached hydrogens (tertiary/aromatic N) is 1. The van der Waals surface area contributed by atoms with Crippen LogP contribution in [0.5, 0.6) is 0 Å². The SMILES string of the molecule is CC1(C)S[C@@H]2C(NC(=O)C(N)c3ccccc3)C(=O)N2[C@H]1C(=O)OCCl. The maximum atomic E-state index is 12.6. The van der Waals surface area contributed by atoms with E-state index in [0.29, 0.717) is 5.56 Å². The monoisotopic (exact) mass is 397 g/mol. The molecule has 9 heteroatoms. The lowest BCUT2D eigenvalue weighted by Gasteiger charge is -2.44. The molecule has 2 unspecified atom stereocenters. The highest BCUT2D eigenvalue weighted by molar-refractivity contribution is 8.01. The molecule has 2 fully saturated rings. The number of thioether (sulfide) groups is 1. The quantitative estimate of drug-likeness (QED) is 0.436. The van der Waals surface area contributed by atoms with Crippen LogP contribution in [0.3, 0.4) is 0 Å². The smallest absolute Gasteiger partial charge is 0.331 e. The molecule has 3 N–H and O–H groups in total. The van der Waals surface area contributed by atoms with Gasteiger partial charge in [-0.1, -0.05) is 41.9 Å². The van der Waals surface area contributed by atoms with E-state index in [1.807, 2.05) is 19.9 Å². The highest BCUT2D eigenvalue weighted by atomic mass is 35.5. The second kappa shape index (κ2) is 7.09. The molecule has 3 rings (SSSR count). The van der Waals surface area contributed by atoms with Gasteiger partial charge in [0, 0.05) is 4.75 Å². The molecule has 2 aliphatic rings. The van der Waals surface area contributed by atoms with Crippen LogP contribution in [-0.4, -0.2) is 51.0 Å². The lowest BCUT2D eigenvalue weighted by Crippen LogP contribution is -2.71. The third-order valence-corrected chi connectivity index (χ3v) is 6.28. The Bertz CT molecular complexity index is 730. The van der Waals surface area contributed by atoms with E-state index in [1.165, 1.54) is 16.7 Å². The molecule has 1 aromatic rings. The van der Waals surface area contributed by atoms with Crippen molar-refractivity contribution in [2.45, 2.75) is 42.1 Å². The highest BCUT2D eigenvalue weighted by Gasteiger charge is 2.64. The van der Waals surface area contributed by atoms with Crippen molar-refractivity contribution in [3.8, 4) is 0 Å². The first-order valence-corrected chi connectivity index (χ1v) is 9.53. The fourth-order valence-electron chi connectivity index (χ4n) is 3.31. The molecule has 0 spiro atoms. The number of benzene rings is 1. The molecular formula is C17H20ClN3O4S. The third kappa shape index (κ3) is 3.17. The summed E-state index contributed by atoms with van der Waals surface area (Å²) in [6.45, 7) is 3.72. The molecule has 2 aliphatic heterocycles. The largest absolute Gasteiger partial charge is 0.448 e. The molecule has 26 heavy (non-hydrogen) atoms. The van der Waals surface area contributed by atoms with Crippen LogP contribution in [0.1, 0.15) is 25.5 Å². The van der Waals surface area contributed by atoms with Crippen LogP contribution in [0.25, 0.3) is 0 Å². The van der Waals surface area contributed by atoms with E-state index in [9.17, 15) is 14.4 Å². The Morgan fingerprint density at radius 2 is 2.04 bits per heavy atom. The van der Waals surface area contributed by atoms with Crippen molar-refractivity contribution < 1.29 is 19.1 Å². The molecule has 2 saturated heterocycles. The summed E-state index contributed by atoms with van der Waals surface area (Å²) in [5.41, 5.74) is 6.65. The van der Waals surface area contributed by atoms with Gasteiger partial charge in [0.05, 0.1) is 0 Å². The second-order valence-corrected chi connectivity index (χ2v) is 8.70. The number of hydrogen-bond donors (Lipinski definition) is 2. The molecule has 2 heterocycles. The van der Waals surface area contributed by atoms with Crippen LogP contribution in [0, 0.1) is 0 Å². The average Bonchev–Trinajstić information content (AvgIpc) is 2.87. The van der Waals surface area contributed by atoms with E-state index < -0.39 is 34.7 Å². The van der Waals surface area contributed by atoms with Crippen molar-refractivity contribution in [3.63, 3.8) is 0 Å². The van der Waals surface area contributed by atoms with Crippen LogP contribution in [-0.2, 0) is 19.1 Å². The van der Waals surface area contributed by atoms with Gasteiger partial charge in [0.1, 0.15) is 23.5 Å². The molecule has 1 aromatic carbocycles. The number of alkyl halides is 1.